The maximum atomic E-state index is 12.0. The van der Waals surface area contributed by atoms with Crippen LogP contribution in [0, 0.1) is 0 Å². The minimum atomic E-state index is -3.40. The van der Waals surface area contributed by atoms with Crippen LogP contribution >= 0.6 is 11.6 Å². The molecule has 2 aromatic carbocycles. The highest BCUT2D eigenvalue weighted by molar-refractivity contribution is 7.88. The van der Waals surface area contributed by atoms with Gasteiger partial charge in [-0.25, -0.2) is 13.1 Å². The van der Waals surface area contributed by atoms with Gasteiger partial charge in [0.15, 0.2) is 0 Å². The molecule has 2 rings (SSSR count). The molecule has 0 heterocycles. The fourth-order valence-electron chi connectivity index (χ4n) is 1.74. The fourth-order valence-corrected chi connectivity index (χ4v) is 3.10. The number of halogens is 1. The van der Waals surface area contributed by atoms with Gasteiger partial charge in [-0.05, 0) is 23.3 Å². The molecule has 2 aromatic rings. The summed E-state index contributed by atoms with van der Waals surface area (Å²) in [5.74, 6) is -0.0551. The molecule has 0 spiro atoms. The molecule has 20 heavy (non-hydrogen) atoms. The maximum absolute atomic E-state index is 12.0. The van der Waals surface area contributed by atoms with Crippen molar-refractivity contribution in [3.8, 4) is 0 Å². The van der Waals surface area contributed by atoms with Crippen molar-refractivity contribution in [2.24, 2.45) is 0 Å². The van der Waals surface area contributed by atoms with Crippen molar-refractivity contribution in [3.05, 3.63) is 64.7 Å². The number of nitrogens with one attached hydrogen (secondary N) is 1. The number of nitrogen functional groups attached to an aromatic ring is 1. The summed E-state index contributed by atoms with van der Waals surface area (Å²) in [5.41, 5.74) is 7.57. The van der Waals surface area contributed by atoms with E-state index in [9.17, 15) is 8.42 Å². The number of hydrogen-bond acceptors (Lipinski definition) is 3. The molecule has 0 atom stereocenters. The molecule has 0 bridgehead atoms. The highest BCUT2D eigenvalue weighted by Gasteiger charge is 2.12. The lowest BCUT2D eigenvalue weighted by molar-refractivity contribution is 0.580. The van der Waals surface area contributed by atoms with Gasteiger partial charge < -0.3 is 5.73 Å². The zero-order valence-corrected chi connectivity index (χ0v) is 12.3. The molecule has 106 valence electrons. The molecule has 0 fully saturated rings. The summed E-state index contributed by atoms with van der Waals surface area (Å²) in [6.45, 7) is 0.147. The van der Waals surface area contributed by atoms with E-state index in [0.29, 0.717) is 16.3 Å². The highest BCUT2D eigenvalue weighted by Crippen LogP contribution is 2.19. The number of anilines is 1. The van der Waals surface area contributed by atoms with Gasteiger partial charge in [0.05, 0.1) is 5.75 Å². The van der Waals surface area contributed by atoms with Crippen molar-refractivity contribution in [1.29, 1.82) is 0 Å². The van der Waals surface area contributed by atoms with Gasteiger partial charge in [0.1, 0.15) is 0 Å². The molecule has 0 aliphatic carbocycles. The molecule has 4 nitrogen and oxygen atoms in total. The van der Waals surface area contributed by atoms with Crippen molar-refractivity contribution >= 4 is 27.3 Å². The number of sulfonamides is 1. The van der Waals surface area contributed by atoms with Gasteiger partial charge in [0.25, 0.3) is 0 Å². The van der Waals surface area contributed by atoms with Crippen LogP contribution < -0.4 is 10.5 Å². The van der Waals surface area contributed by atoms with E-state index in [1.807, 2.05) is 18.2 Å². The van der Waals surface area contributed by atoms with E-state index in [0.717, 1.165) is 5.56 Å². The van der Waals surface area contributed by atoms with Crippen LogP contribution in [-0.2, 0) is 22.3 Å². The van der Waals surface area contributed by atoms with Gasteiger partial charge in [-0.2, -0.15) is 0 Å². The van der Waals surface area contributed by atoms with Crippen LogP contribution in [0.25, 0.3) is 0 Å². The molecule has 0 saturated heterocycles. The van der Waals surface area contributed by atoms with Crippen LogP contribution in [0.5, 0.6) is 0 Å². The second kappa shape index (κ2) is 6.26. The fraction of sp³-hybridized carbons (Fsp3) is 0.143. The number of benzene rings is 2. The summed E-state index contributed by atoms with van der Waals surface area (Å²) in [7, 11) is -3.40. The third-order valence-corrected chi connectivity index (χ3v) is 4.41. The third kappa shape index (κ3) is 4.23. The largest absolute Gasteiger partial charge is 0.399 e. The standard InChI is InChI=1S/C14H15ClN2O2S/c15-14-8-13(16)7-6-12(14)9-17-20(18,19)10-11-4-2-1-3-5-11/h1-8,17H,9-10,16H2. The van der Waals surface area contributed by atoms with Gasteiger partial charge in [0, 0.05) is 17.3 Å². The van der Waals surface area contributed by atoms with E-state index in [4.69, 9.17) is 17.3 Å². The van der Waals surface area contributed by atoms with Crippen LogP contribution in [-0.4, -0.2) is 8.42 Å². The summed E-state index contributed by atoms with van der Waals surface area (Å²) >= 11 is 6.00. The van der Waals surface area contributed by atoms with E-state index in [1.54, 1.807) is 30.3 Å². The molecular weight excluding hydrogens is 296 g/mol. The summed E-state index contributed by atoms with van der Waals surface area (Å²) in [5, 5.41) is 0.451. The average molecular weight is 311 g/mol. The third-order valence-electron chi connectivity index (χ3n) is 2.76. The Hall–Kier alpha value is -1.56. The molecule has 6 heteroatoms. The Bertz CT molecular complexity index is 688. The van der Waals surface area contributed by atoms with Crippen LogP contribution in [0.2, 0.25) is 5.02 Å². The van der Waals surface area contributed by atoms with Gasteiger partial charge in [-0.3, -0.25) is 0 Å². The van der Waals surface area contributed by atoms with Crippen LogP contribution in [0.3, 0.4) is 0 Å². The van der Waals surface area contributed by atoms with Gasteiger partial charge in [-0.15, -0.1) is 0 Å². The van der Waals surface area contributed by atoms with Crippen LogP contribution in [0.15, 0.2) is 48.5 Å². The van der Waals surface area contributed by atoms with E-state index >= 15 is 0 Å². The maximum Gasteiger partial charge on any atom is 0.216 e. The monoisotopic (exact) mass is 310 g/mol. The van der Waals surface area contributed by atoms with Gasteiger partial charge >= 0.3 is 0 Å². The predicted octanol–water partition coefficient (Wildman–Crippen LogP) is 2.54. The normalized spacial score (nSPS) is 11.4. The van der Waals surface area contributed by atoms with Gasteiger partial charge in [-0.1, -0.05) is 48.0 Å². The molecule has 3 N–H and O–H groups in total. The second-order valence-corrected chi connectivity index (χ2v) is 6.63. The van der Waals surface area contributed by atoms with E-state index in [-0.39, 0.29) is 12.3 Å². The van der Waals surface area contributed by atoms with E-state index < -0.39 is 10.0 Å². The first-order valence-electron chi connectivity index (χ1n) is 6.01. The first-order chi connectivity index (χ1) is 9.46. The van der Waals surface area contributed by atoms with Crippen molar-refractivity contribution in [3.63, 3.8) is 0 Å². The summed E-state index contributed by atoms with van der Waals surface area (Å²) in [6.07, 6.45) is 0. The lowest BCUT2D eigenvalue weighted by Gasteiger charge is -2.08. The van der Waals surface area contributed by atoms with E-state index in [2.05, 4.69) is 4.72 Å². The first kappa shape index (κ1) is 14.8. The van der Waals surface area contributed by atoms with Crippen molar-refractivity contribution < 1.29 is 8.42 Å². The Labute approximate surface area is 123 Å². The summed E-state index contributed by atoms with van der Waals surface area (Å²) < 4.78 is 26.5. The molecule has 0 aliphatic rings. The Kier molecular flexibility index (Phi) is 4.65. The quantitative estimate of drug-likeness (QED) is 0.834. The Balaban J connectivity index is 2.02. The molecule has 0 aliphatic heterocycles. The Morgan fingerprint density at radius 3 is 2.45 bits per heavy atom. The first-order valence-corrected chi connectivity index (χ1v) is 8.04. The van der Waals surface area contributed by atoms with E-state index in [1.165, 1.54) is 0 Å². The number of rotatable bonds is 5. The lowest BCUT2D eigenvalue weighted by Crippen LogP contribution is -2.24. The minimum absolute atomic E-state index is 0.0551. The number of nitrogens with two attached hydrogens (primary N) is 1. The summed E-state index contributed by atoms with van der Waals surface area (Å²) in [4.78, 5) is 0. The minimum Gasteiger partial charge on any atom is -0.399 e. The summed E-state index contributed by atoms with van der Waals surface area (Å²) in [6, 6.07) is 14.0. The van der Waals surface area contributed by atoms with Crippen molar-refractivity contribution in [1.82, 2.24) is 4.72 Å². The zero-order valence-electron chi connectivity index (χ0n) is 10.7. The molecule has 0 saturated carbocycles. The van der Waals surface area contributed by atoms with Crippen LogP contribution in [0.1, 0.15) is 11.1 Å². The molecule has 0 amide bonds. The van der Waals surface area contributed by atoms with Crippen molar-refractivity contribution in [2.45, 2.75) is 12.3 Å². The highest BCUT2D eigenvalue weighted by atomic mass is 35.5. The molecular formula is C14H15ClN2O2S. The molecule has 0 aromatic heterocycles. The topological polar surface area (TPSA) is 72.2 Å². The zero-order chi connectivity index (χ0) is 14.6. The SMILES string of the molecule is Nc1ccc(CNS(=O)(=O)Cc2ccccc2)c(Cl)c1. The second-order valence-electron chi connectivity index (χ2n) is 4.42. The van der Waals surface area contributed by atoms with Gasteiger partial charge in [0.2, 0.25) is 10.0 Å². The molecule has 0 radical (unpaired) electrons. The number of hydrogen-bond donors (Lipinski definition) is 2. The average Bonchev–Trinajstić information content (AvgIpc) is 2.38. The smallest absolute Gasteiger partial charge is 0.216 e. The lowest BCUT2D eigenvalue weighted by atomic mass is 10.2. The van der Waals surface area contributed by atoms with Crippen LogP contribution in [0.4, 0.5) is 5.69 Å². The molecule has 0 unspecified atom stereocenters. The van der Waals surface area contributed by atoms with Crippen molar-refractivity contribution in [2.75, 3.05) is 5.73 Å². The predicted molar refractivity (Wildman–Crippen MR) is 81.8 cm³/mol. The Morgan fingerprint density at radius 1 is 1.10 bits per heavy atom. The Morgan fingerprint density at radius 2 is 1.80 bits per heavy atom.